The molecule has 0 unspecified atom stereocenters. The number of aromatic amines is 1. The van der Waals surface area contributed by atoms with Crippen molar-refractivity contribution in [3.05, 3.63) is 12.7 Å². The van der Waals surface area contributed by atoms with Crippen LogP contribution < -0.4 is 10.3 Å². The number of hydrogen-bond donors (Lipinski definition) is 2. The average molecular weight is 234 g/mol. The van der Waals surface area contributed by atoms with Gasteiger partial charge in [-0.05, 0) is 12.3 Å². The first-order valence-electron chi connectivity index (χ1n) is 6.15. The van der Waals surface area contributed by atoms with Crippen molar-refractivity contribution in [2.24, 2.45) is 5.92 Å². The molecule has 0 bridgehead atoms. The number of rotatable bonds is 5. The van der Waals surface area contributed by atoms with E-state index in [4.69, 9.17) is 5.73 Å². The van der Waals surface area contributed by atoms with E-state index in [9.17, 15) is 0 Å². The van der Waals surface area contributed by atoms with E-state index < -0.39 is 0 Å². The molecule has 0 saturated carbocycles. The van der Waals surface area contributed by atoms with Gasteiger partial charge in [0.05, 0.1) is 6.54 Å². The third kappa shape index (κ3) is 2.72. The zero-order valence-corrected chi connectivity index (χ0v) is 10.5. The van der Waals surface area contributed by atoms with E-state index in [0.29, 0.717) is 5.82 Å². The molecule has 92 valence electrons. The summed E-state index contributed by atoms with van der Waals surface area (Å²) in [5.41, 5.74) is 7.49. The van der Waals surface area contributed by atoms with Crippen molar-refractivity contribution in [1.29, 1.82) is 0 Å². The largest absolute Gasteiger partial charge is 0.380 e. The summed E-state index contributed by atoms with van der Waals surface area (Å²) < 4.78 is 2.10. The van der Waals surface area contributed by atoms with Crippen molar-refractivity contribution in [2.75, 3.05) is 5.73 Å². The highest BCUT2D eigenvalue weighted by Crippen LogP contribution is 2.10. The predicted molar refractivity (Wildman–Crippen MR) is 67.2 cm³/mol. The number of aryl methyl sites for hydroxylation is 1. The van der Waals surface area contributed by atoms with Gasteiger partial charge in [-0.1, -0.05) is 31.7 Å². The van der Waals surface area contributed by atoms with Crippen molar-refractivity contribution in [1.82, 2.24) is 15.0 Å². The number of unbranched alkanes of at least 4 members (excludes halogenated alkanes) is 1. The van der Waals surface area contributed by atoms with Crippen molar-refractivity contribution >= 4 is 17.0 Å². The van der Waals surface area contributed by atoms with Gasteiger partial charge in [-0.3, -0.25) is 4.98 Å². The van der Waals surface area contributed by atoms with Crippen LogP contribution in [0, 0.1) is 5.92 Å². The molecule has 17 heavy (non-hydrogen) atoms. The van der Waals surface area contributed by atoms with Crippen LogP contribution in [0.25, 0.3) is 11.2 Å². The van der Waals surface area contributed by atoms with Gasteiger partial charge < -0.3 is 5.73 Å². The highest BCUT2D eigenvalue weighted by molar-refractivity contribution is 5.77. The van der Waals surface area contributed by atoms with Gasteiger partial charge in [0.2, 0.25) is 5.52 Å². The predicted octanol–water partition coefficient (Wildman–Crippen LogP) is 1.65. The molecule has 5 heteroatoms. The van der Waals surface area contributed by atoms with Crippen LogP contribution in [0.5, 0.6) is 0 Å². The van der Waals surface area contributed by atoms with Crippen molar-refractivity contribution in [3.63, 3.8) is 0 Å². The summed E-state index contributed by atoms with van der Waals surface area (Å²) in [7, 11) is 0. The first kappa shape index (κ1) is 11.8. The number of H-pyrrole nitrogens is 1. The maximum Gasteiger partial charge on any atom is 0.307 e. The Morgan fingerprint density at radius 3 is 2.94 bits per heavy atom. The molecular formula is C12H20N5+. The monoisotopic (exact) mass is 234 g/mol. The van der Waals surface area contributed by atoms with Crippen molar-refractivity contribution < 1.29 is 4.57 Å². The van der Waals surface area contributed by atoms with Crippen LogP contribution in [-0.2, 0) is 6.54 Å². The summed E-state index contributed by atoms with van der Waals surface area (Å²) in [5, 5.41) is 0. The zero-order chi connectivity index (χ0) is 12.3. The van der Waals surface area contributed by atoms with Crippen LogP contribution in [0.15, 0.2) is 12.7 Å². The second-order valence-electron chi connectivity index (χ2n) is 4.81. The lowest BCUT2D eigenvalue weighted by Gasteiger charge is -2.02. The first-order valence-corrected chi connectivity index (χ1v) is 6.15. The van der Waals surface area contributed by atoms with Crippen LogP contribution in [-0.4, -0.2) is 15.0 Å². The molecule has 0 aliphatic heterocycles. The lowest BCUT2D eigenvalue weighted by Crippen LogP contribution is -2.32. The normalized spacial score (nSPS) is 11.5. The summed E-state index contributed by atoms with van der Waals surface area (Å²) in [5.74, 6) is 1.29. The van der Waals surface area contributed by atoms with Gasteiger partial charge in [0.25, 0.3) is 0 Å². The second kappa shape index (κ2) is 5.12. The Balaban J connectivity index is 2.02. The minimum atomic E-state index is 0.510. The minimum Gasteiger partial charge on any atom is -0.380 e. The van der Waals surface area contributed by atoms with Gasteiger partial charge in [0.1, 0.15) is 0 Å². The van der Waals surface area contributed by atoms with Crippen molar-refractivity contribution in [3.8, 4) is 0 Å². The molecule has 0 aliphatic carbocycles. The van der Waals surface area contributed by atoms with Crippen LogP contribution in [0.1, 0.15) is 33.1 Å². The van der Waals surface area contributed by atoms with Gasteiger partial charge in [0.15, 0.2) is 18.5 Å². The van der Waals surface area contributed by atoms with Crippen LogP contribution in [0.3, 0.4) is 0 Å². The molecule has 0 radical (unpaired) electrons. The summed E-state index contributed by atoms with van der Waals surface area (Å²) in [6.45, 7) is 5.49. The third-order valence-corrected chi connectivity index (χ3v) is 2.92. The number of nitrogens with zero attached hydrogens (tertiary/aromatic N) is 3. The molecule has 0 saturated heterocycles. The number of anilines is 1. The first-order chi connectivity index (χ1) is 8.18. The lowest BCUT2D eigenvalue weighted by atomic mass is 10.1. The fraction of sp³-hybridized carbons (Fsp3) is 0.583. The van der Waals surface area contributed by atoms with Crippen LogP contribution in [0.2, 0.25) is 0 Å². The molecule has 0 aromatic carbocycles. The summed E-state index contributed by atoms with van der Waals surface area (Å²) in [6, 6.07) is 0. The molecule has 0 fully saturated rings. The number of aromatic nitrogens is 4. The van der Waals surface area contributed by atoms with Gasteiger partial charge in [-0.2, -0.15) is 4.98 Å². The number of nitrogens with two attached hydrogens (primary N) is 1. The van der Waals surface area contributed by atoms with Gasteiger partial charge in [0, 0.05) is 0 Å². The molecule has 2 rings (SSSR count). The van der Waals surface area contributed by atoms with Gasteiger partial charge >= 0.3 is 5.65 Å². The molecule has 5 nitrogen and oxygen atoms in total. The Morgan fingerprint density at radius 2 is 2.18 bits per heavy atom. The maximum atomic E-state index is 5.77. The van der Waals surface area contributed by atoms with Crippen LogP contribution >= 0.6 is 0 Å². The lowest BCUT2D eigenvalue weighted by molar-refractivity contribution is -0.673. The Bertz CT molecular complexity index is 489. The standard InChI is InChI=1S/C12H19N5/c1-9(2)5-3-4-6-17-8-16-10-11(13)14-7-15-12(10)17/h7-9H,3-6H2,1-2H3,(H2,13,14,15)/p+1. The molecule has 2 heterocycles. The summed E-state index contributed by atoms with van der Waals surface area (Å²) in [4.78, 5) is 11.3. The Labute approximate surface area is 101 Å². The van der Waals surface area contributed by atoms with Gasteiger partial charge in [-0.15, -0.1) is 0 Å². The highest BCUT2D eigenvalue weighted by Gasteiger charge is 2.13. The summed E-state index contributed by atoms with van der Waals surface area (Å²) in [6.07, 6.45) is 7.12. The van der Waals surface area contributed by atoms with Crippen LogP contribution in [0.4, 0.5) is 5.82 Å². The van der Waals surface area contributed by atoms with Gasteiger partial charge in [-0.25, -0.2) is 4.57 Å². The van der Waals surface area contributed by atoms with E-state index in [1.165, 1.54) is 25.6 Å². The fourth-order valence-electron chi connectivity index (χ4n) is 1.95. The Morgan fingerprint density at radius 1 is 1.35 bits per heavy atom. The third-order valence-electron chi connectivity index (χ3n) is 2.92. The molecule has 0 aliphatic rings. The molecule has 3 N–H and O–H groups in total. The average Bonchev–Trinajstić information content (AvgIpc) is 2.69. The van der Waals surface area contributed by atoms with E-state index in [1.54, 1.807) is 0 Å². The number of hydrogen-bond acceptors (Lipinski definition) is 3. The van der Waals surface area contributed by atoms with E-state index >= 15 is 0 Å². The number of fused-ring (bicyclic) bond motifs is 1. The number of nitrogens with one attached hydrogen (secondary N) is 1. The van der Waals surface area contributed by atoms with E-state index in [-0.39, 0.29) is 0 Å². The molecule has 0 atom stereocenters. The molecule has 0 spiro atoms. The molecule has 2 aromatic rings. The summed E-state index contributed by atoms with van der Waals surface area (Å²) >= 11 is 0. The topological polar surface area (TPSA) is 71.5 Å². The molecule has 2 aromatic heterocycles. The van der Waals surface area contributed by atoms with E-state index in [2.05, 4.69) is 33.4 Å². The number of nitrogen functional groups attached to an aromatic ring is 1. The molecule has 0 amide bonds. The minimum absolute atomic E-state index is 0.510. The molecular weight excluding hydrogens is 214 g/mol. The highest BCUT2D eigenvalue weighted by atomic mass is 15.1. The van der Waals surface area contributed by atoms with E-state index in [0.717, 1.165) is 23.6 Å². The fourth-order valence-corrected chi connectivity index (χ4v) is 1.95. The quantitative estimate of drug-likeness (QED) is 0.610. The van der Waals surface area contributed by atoms with E-state index in [1.807, 2.05) is 6.33 Å². The second-order valence-corrected chi connectivity index (χ2v) is 4.81. The Hall–Kier alpha value is -1.65. The smallest absolute Gasteiger partial charge is 0.307 e. The SMILES string of the molecule is CC(C)CCCC[n+]1c[nH]c2c(N)ncnc21. The maximum absolute atomic E-state index is 5.77. The number of imidazole rings is 1. The van der Waals surface area contributed by atoms with Crippen molar-refractivity contribution in [2.45, 2.75) is 39.7 Å². The zero-order valence-electron chi connectivity index (χ0n) is 10.5. The Kier molecular flexibility index (Phi) is 3.56.